The van der Waals surface area contributed by atoms with Crippen molar-refractivity contribution >= 4 is 5.91 Å². The van der Waals surface area contributed by atoms with Gasteiger partial charge in [0.05, 0.1) is 27.0 Å². The lowest BCUT2D eigenvalue weighted by Gasteiger charge is -2.22. The Labute approximate surface area is 158 Å². The third-order valence-corrected chi connectivity index (χ3v) is 5.71. The Kier molecular flexibility index (Phi) is 4.45. The fraction of sp³-hybridized carbons (Fsp3) is 0.500. The molecule has 1 aliphatic carbocycles. The molecule has 1 amide bonds. The zero-order valence-corrected chi connectivity index (χ0v) is 16.2. The van der Waals surface area contributed by atoms with E-state index in [9.17, 15) is 4.79 Å². The molecule has 1 fully saturated rings. The summed E-state index contributed by atoms with van der Waals surface area (Å²) in [6, 6.07) is 3.44. The summed E-state index contributed by atoms with van der Waals surface area (Å²) in [7, 11) is 6.62. The van der Waals surface area contributed by atoms with Gasteiger partial charge in [-0.05, 0) is 36.5 Å². The minimum absolute atomic E-state index is 0.0128. The van der Waals surface area contributed by atoms with Gasteiger partial charge in [-0.2, -0.15) is 5.10 Å². The number of ether oxygens (including phenoxy) is 3. The molecule has 0 bridgehead atoms. The number of aryl methyl sites for hydroxylation is 2. The van der Waals surface area contributed by atoms with Crippen LogP contribution < -0.4 is 14.2 Å². The lowest BCUT2D eigenvalue weighted by Crippen LogP contribution is -2.29. The zero-order chi connectivity index (χ0) is 19.1. The molecule has 1 saturated heterocycles. The first-order valence-corrected chi connectivity index (χ1v) is 9.17. The van der Waals surface area contributed by atoms with Crippen molar-refractivity contribution in [3.63, 3.8) is 0 Å². The maximum Gasteiger partial charge on any atom is 0.254 e. The van der Waals surface area contributed by atoms with Gasteiger partial charge < -0.3 is 19.1 Å². The molecule has 0 saturated carbocycles. The third-order valence-electron chi connectivity index (χ3n) is 5.71. The Bertz CT molecular complexity index is 851. The molecule has 1 aromatic heterocycles. The van der Waals surface area contributed by atoms with Crippen LogP contribution in [0.25, 0.3) is 0 Å². The van der Waals surface area contributed by atoms with Crippen LogP contribution >= 0.6 is 0 Å². The van der Waals surface area contributed by atoms with Crippen molar-refractivity contribution < 1.29 is 19.0 Å². The van der Waals surface area contributed by atoms with Crippen molar-refractivity contribution in [2.45, 2.75) is 18.8 Å². The van der Waals surface area contributed by atoms with Crippen molar-refractivity contribution in [3.8, 4) is 17.2 Å². The summed E-state index contributed by atoms with van der Waals surface area (Å²) in [4.78, 5) is 15.1. The fourth-order valence-electron chi connectivity index (χ4n) is 4.43. The molecule has 0 radical (unpaired) electrons. The molecule has 0 N–H and O–H groups in total. The van der Waals surface area contributed by atoms with E-state index in [0.29, 0.717) is 41.2 Å². The first-order chi connectivity index (χ1) is 13.0. The monoisotopic (exact) mass is 371 g/mol. The summed E-state index contributed by atoms with van der Waals surface area (Å²) in [5, 5.41) is 4.66. The number of benzene rings is 1. The Morgan fingerprint density at radius 3 is 2.44 bits per heavy atom. The number of amides is 1. The minimum atomic E-state index is -0.0128. The first kappa shape index (κ1) is 17.7. The number of likely N-dealkylation sites (tertiary alicyclic amines) is 1. The molecule has 1 aliphatic heterocycles. The normalized spacial score (nSPS) is 20.8. The number of aromatic nitrogens is 2. The number of carbonyl (C=O) groups excluding carboxylic acids is 1. The second-order valence-corrected chi connectivity index (χ2v) is 7.24. The lowest BCUT2D eigenvalue weighted by atomic mass is 9.81. The maximum absolute atomic E-state index is 13.2. The van der Waals surface area contributed by atoms with Gasteiger partial charge >= 0.3 is 0 Å². The van der Waals surface area contributed by atoms with E-state index in [2.05, 4.69) is 11.3 Å². The molecule has 0 spiro atoms. The van der Waals surface area contributed by atoms with Gasteiger partial charge in [0.2, 0.25) is 5.75 Å². The van der Waals surface area contributed by atoms with Crippen LogP contribution in [0.5, 0.6) is 17.2 Å². The van der Waals surface area contributed by atoms with Crippen LogP contribution in [-0.2, 0) is 13.5 Å². The minimum Gasteiger partial charge on any atom is -0.493 e. The largest absolute Gasteiger partial charge is 0.493 e. The van der Waals surface area contributed by atoms with Gasteiger partial charge in [0.25, 0.3) is 5.91 Å². The molecule has 1 aromatic carbocycles. The van der Waals surface area contributed by atoms with E-state index in [1.165, 1.54) is 5.56 Å². The maximum atomic E-state index is 13.2. The average molecular weight is 371 g/mol. The van der Waals surface area contributed by atoms with E-state index in [4.69, 9.17) is 14.2 Å². The molecular weight excluding hydrogens is 346 g/mol. The first-order valence-electron chi connectivity index (χ1n) is 9.17. The van der Waals surface area contributed by atoms with Crippen molar-refractivity contribution in [2.75, 3.05) is 34.4 Å². The van der Waals surface area contributed by atoms with E-state index in [1.54, 1.807) is 33.5 Å². The van der Waals surface area contributed by atoms with E-state index < -0.39 is 0 Å². The predicted octanol–water partition coefficient (Wildman–Crippen LogP) is 2.25. The Morgan fingerprint density at radius 1 is 1.11 bits per heavy atom. The molecule has 7 nitrogen and oxygen atoms in total. The second kappa shape index (κ2) is 6.79. The summed E-state index contributed by atoms with van der Waals surface area (Å²) >= 11 is 0. The smallest absolute Gasteiger partial charge is 0.254 e. The third kappa shape index (κ3) is 2.91. The topological polar surface area (TPSA) is 65.8 Å². The molecule has 2 atom stereocenters. The van der Waals surface area contributed by atoms with Crippen LogP contribution in [0.2, 0.25) is 0 Å². The lowest BCUT2D eigenvalue weighted by molar-refractivity contribution is 0.0785. The van der Waals surface area contributed by atoms with Crippen LogP contribution in [0.4, 0.5) is 0 Å². The van der Waals surface area contributed by atoms with Crippen LogP contribution in [0, 0.1) is 5.92 Å². The standard InChI is InChI=1S/C20H25N3O4/c1-22-9-13-6-5-12-10-23(11-15(12)18(13)21-22)20(24)14-7-16(25-2)19(27-4)17(8-14)26-3/h7-9,12,15H,5-6,10-11H2,1-4H3/t12-,15+/m1/s1. The van der Waals surface area contributed by atoms with E-state index >= 15 is 0 Å². The summed E-state index contributed by atoms with van der Waals surface area (Å²) < 4.78 is 18.0. The van der Waals surface area contributed by atoms with Gasteiger partial charge in [-0.15, -0.1) is 0 Å². The van der Waals surface area contributed by atoms with Crippen molar-refractivity contribution in [2.24, 2.45) is 13.0 Å². The summed E-state index contributed by atoms with van der Waals surface area (Å²) in [6.07, 6.45) is 4.24. The number of methoxy groups -OCH3 is 3. The highest BCUT2D eigenvalue weighted by Crippen LogP contribution is 2.42. The Morgan fingerprint density at radius 2 is 1.81 bits per heavy atom. The molecule has 2 aromatic rings. The van der Waals surface area contributed by atoms with Gasteiger partial charge in [0.1, 0.15) is 0 Å². The zero-order valence-electron chi connectivity index (χ0n) is 16.2. The van der Waals surface area contributed by atoms with Crippen molar-refractivity contribution in [1.82, 2.24) is 14.7 Å². The fourth-order valence-corrected chi connectivity index (χ4v) is 4.43. The van der Waals surface area contributed by atoms with Crippen LogP contribution in [0.15, 0.2) is 18.3 Å². The van der Waals surface area contributed by atoms with E-state index in [0.717, 1.165) is 25.1 Å². The number of nitrogens with zero attached hydrogens (tertiary/aromatic N) is 3. The Balaban J connectivity index is 1.61. The number of hydrogen-bond donors (Lipinski definition) is 0. The quantitative estimate of drug-likeness (QED) is 0.825. The highest BCUT2D eigenvalue weighted by molar-refractivity contribution is 5.96. The molecule has 7 heteroatoms. The van der Waals surface area contributed by atoms with Crippen molar-refractivity contribution in [1.29, 1.82) is 0 Å². The molecule has 0 unspecified atom stereocenters. The van der Waals surface area contributed by atoms with Gasteiger partial charge in [0, 0.05) is 37.8 Å². The van der Waals surface area contributed by atoms with Crippen LogP contribution in [0.1, 0.15) is 34.0 Å². The Hall–Kier alpha value is -2.70. The van der Waals surface area contributed by atoms with Crippen molar-refractivity contribution in [3.05, 3.63) is 35.2 Å². The van der Waals surface area contributed by atoms with Crippen LogP contribution in [0.3, 0.4) is 0 Å². The average Bonchev–Trinajstić information content (AvgIpc) is 3.28. The highest BCUT2D eigenvalue weighted by Gasteiger charge is 2.41. The summed E-state index contributed by atoms with van der Waals surface area (Å²) in [5.41, 5.74) is 3.03. The predicted molar refractivity (Wildman–Crippen MR) is 99.8 cm³/mol. The van der Waals surface area contributed by atoms with Crippen LogP contribution in [-0.4, -0.2) is 55.0 Å². The number of fused-ring (bicyclic) bond motifs is 3. The van der Waals surface area contributed by atoms with E-state index in [1.807, 2.05) is 16.6 Å². The SMILES string of the molecule is COc1cc(C(=O)N2C[C@H]3CCc4cn(C)nc4[C@H]3C2)cc(OC)c1OC. The molecule has 27 heavy (non-hydrogen) atoms. The van der Waals surface area contributed by atoms with Gasteiger partial charge in [-0.1, -0.05) is 0 Å². The summed E-state index contributed by atoms with van der Waals surface area (Å²) in [5.74, 6) is 2.25. The molecule has 4 rings (SSSR count). The second-order valence-electron chi connectivity index (χ2n) is 7.24. The van der Waals surface area contributed by atoms with E-state index in [-0.39, 0.29) is 5.91 Å². The molecule has 2 aliphatic rings. The number of carbonyl (C=O) groups is 1. The molecule has 2 heterocycles. The summed E-state index contributed by atoms with van der Waals surface area (Å²) in [6.45, 7) is 1.46. The molecular formula is C20H25N3O4. The van der Waals surface area contributed by atoms with Gasteiger partial charge in [-0.25, -0.2) is 0 Å². The van der Waals surface area contributed by atoms with Gasteiger partial charge in [0.15, 0.2) is 11.5 Å². The number of rotatable bonds is 4. The molecule has 144 valence electrons. The number of hydrogen-bond acceptors (Lipinski definition) is 5. The van der Waals surface area contributed by atoms with Gasteiger partial charge in [-0.3, -0.25) is 9.48 Å². The highest BCUT2D eigenvalue weighted by atomic mass is 16.5.